The summed E-state index contributed by atoms with van der Waals surface area (Å²) in [5.41, 5.74) is 5.30. The predicted molar refractivity (Wildman–Crippen MR) is 118 cm³/mol. The summed E-state index contributed by atoms with van der Waals surface area (Å²) in [5, 5.41) is 8.56. The Morgan fingerprint density at radius 3 is 2.43 bits per heavy atom. The number of para-hydroxylation sites is 2. The number of ether oxygens (including phenoxy) is 1. The van der Waals surface area contributed by atoms with Gasteiger partial charge in [-0.05, 0) is 57.0 Å². The van der Waals surface area contributed by atoms with E-state index >= 15 is 0 Å². The van der Waals surface area contributed by atoms with Crippen LogP contribution in [0.5, 0.6) is 5.88 Å². The number of aryl methyl sites for hydroxylation is 3. The second-order valence-electron chi connectivity index (χ2n) is 7.37. The number of aromatic nitrogens is 3. The van der Waals surface area contributed by atoms with Crippen molar-refractivity contribution in [3.63, 3.8) is 0 Å². The van der Waals surface area contributed by atoms with Gasteiger partial charge in [-0.1, -0.05) is 36.4 Å². The van der Waals surface area contributed by atoms with Crippen molar-refractivity contribution in [2.24, 2.45) is 0 Å². The van der Waals surface area contributed by atoms with Crippen molar-refractivity contribution in [1.82, 2.24) is 14.8 Å². The van der Waals surface area contributed by atoms with Gasteiger partial charge in [0.15, 0.2) is 11.8 Å². The quantitative estimate of drug-likeness (QED) is 0.525. The molecule has 4 rings (SSSR count). The van der Waals surface area contributed by atoms with Gasteiger partial charge in [-0.15, -0.1) is 0 Å². The number of nitrogens with one attached hydrogen (secondary N) is 1. The van der Waals surface area contributed by atoms with E-state index in [2.05, 4.69) is 15.4 Å². The molecule has 0 aliphatic carbocycles. The maximum atomic E-state index is 12.6. The summed E-state index contributed by atoms with van der Waals surface area (Å²) in [6.07, 6.45) is -0.705. The van der Waals surface area contributed by atoms with Gasteiger partial charge in [0, 0.05) is 17.1 Å². The molecule has 6 nitrogen and oxygen atoms in total. The zero-order valence-electron chi connectivity index (χ0n) is 17.5. The lowest BCUT2D eigenvalue weighted by atomic mass is 10.1. The van der Waals surface area contributed by atoms with Crippen LogP contribution in [-0.4, -0.2) is 26.8 Å². The molecule has 1 atom stereocenters. The molecule has 30 heavy (non-hydrogen) atoms. The lowest BCUT2D eigenvalue weighted by Gasteiger charge is -2.16. The minimum atomic E-state index is -0.705. The van der Waals surface area contributed by atoms with Crippen LogP contribution in [0.4, 0.5) is 5.69 Å². The van der Waals surface area contributed by atoms with Crippen molar-refractivity contribution in [2.45, 2.75) is 33.8 Å². The lowest BCUT2D eigenvalue weighted by molar-refractivity contribution is -0.122. The molecule has 6 heteroatoms. The number of rotatable bonds is 5. The summed E-state index contributed by atoms with van der Waals surface area (Å²) in [4.78, 5) is 17.3. The van der Waals surface area contributed by atoms with E-state index in [1.807, 2.05) is 86.1 Å². The Balaban J connectivity index is 1.63. The van der Waals surface area contributed by atoms with E-state index in [9.17, 15) is 4.79 Å². The molecule has 0 radical (unpaired) electrons. The Bertz CT molecular complexity index is 1210. The first-order valence-electron chi connectivity index (χ1n) is 9.89. The fourth-order valence-corrected chi connectivity index (χ4v) is 3.47. The highest BCUT2D eigenvalue weighted by atomic mass is 16.5. The maximum absolute atomic E-state index is 12.6. The maximum Gasteiger partial charge on any atom is 0.265 e. The molecule has 2 aromatic carbocycles. The third kappa shape index (κ3) is 3.76. The van der Waals surface area contributed by atoms with Gasteiger partial charge in [0.25, 0.3) is 5.91 Å². The third-order valence-corrected chi connectivity index (χ3v) is 5.06. The van der Waals surface area contributed by atoms with Gasteiger partial charge < -0.3 is 10.1 Å². The average Bonchev–Trinajstić information content (AvgIpc) is 3.07. The Labute approximate surface area is 175 Å². The Hall–Kier alpha value is -3.67. The lowest BCUT2D eigenvalue weighted by Crippen LogP contribution is -2.30. The largest absolute Gasteiger partial charge is 0.464 e. The normalized spacial score (nSPS) is 12.0. The fourth-order valence-electron chi connectivity index (χ4n) is 3.47. The first-order chi connectivity index (χ1) is 14.4. The highest BCUT2D eigenvalue weighted by molar-refractivity contribution is 5.94. The number of fused-ring (bicyclic) bond motifs is 1. The van der Waals surface area contributed by atoms with Crippen LogP contribution in [-0.2, 0) is 4.79 Å². The number of amides is 1. The molecule has 4 aromatic rings. The number of anilines is 1. The molecular formula is C24H24N4O2. The summed E-state index contributed by atoms with van der Waals surface area (Å²) in [6, 6.07) is 19.3. The van der Waals surface area contributed by atoms with E-state index in [4.69, 9.17) is 4.74 Å². The average molecular weight is 400 g/mol. The van der Waals surface area contributed by atoms with Crippen molar-refractivity contribution in [1.29, 1.82) is 0 Å². The summed E-state index contributed by atoms with van der Waals surface area (Å²) >= 11 is 0. The topological polar surface area (TPSA) is 69.0 Å². The third-order valence-electron chi connectivity index (χ3n) is 5.06. The van der Waals surface area contributed by atoms with Gasteiger partial charge in [0.05, 0.1) is 11.4 Å². The number of hydrogen-bond acceptors (Lipinski definition) is 4. The van der Waals surface area contributed by atoms with Crippen LogP contribution in [0.3, 0.4) is 0 Å². The minimum absolute atomic E-state index is 0.225. The SMILES string of the molecule is Cc1ccccc1NC(=O)[C@@H](C)Oc1cc(C)c2c(C)nn(-c3ccccc3)c2n1. The molecular weight excluding hydrogens is 376 g/mol. The van der Waals surface area contributed by atoms with Gasteiger partial charge >= 0.3 is 0 Å². The van der Waals surface area contributed by atoms with Crippen molar-refractivity contribution >= 4 is 22.6 Å². The van der Waals surface area contributed by atoms with Crippen molar-refractivity contribution in [2.75, 3.05) is 5.32 Å². The van der Waals surface area contributed by atoms with Crippen LogP contribution < -0.4 is 10.1 Å². The molecule has 152 valence electrons. The first kappa shape index (κ1) is 19.6. The Kier molecular flexibility index (Phi) is 5.23. The highest BCUT2D eigenvalue weighted by Gasteiger charge is 2.19. The van der Waals surface area contributed by atoms with E-state index in [-0.39, 0.29) is 5.91 Å². The molecule has 0 fully saturated rings. The molecule has 2 heterocycles. The van der Waals surface area contributed by atoms with Crippen molar-refractivity contribution in [3.8, 4) is 11.6 Å². The van der Waals surface area contributed by atoms with Crippen LogP contribution in [0.2, 0.25) is 0 Å². The molecule has 0 spiro atoms. The van der Waals surface area contributed by atoms with Gasteiger partial charge in [-0.3, -0.25) is 4.79 Å². The number of carbonyl (C=O) groups excluding carboxylic acids is 1. The summed E-state index contributed by atoms with van der Waals surface area (Å²) in [7, 11) is 0. The summed E-state index contributed by atoms with van der Waals surface area (Å²) in [5.74, 6) is 0.168. The predicted octanol–water partition coefficient (Wildman–Crippen LogP) is 4.75. The van der Waals surface area contributed by atoms with Crippen LogP contribution in [0.1, 0.15) is 23.7 Å². The van der Waals surface area contributed by atoms with Crippen LogP contribution in [0.15, 0.2) is 60.7 Å². The standard InChI is InChI=1S/C24H24N4O2/c1-15-10-8-9-13-20(15)25-24(29)18(4)30-21-14-16(2)22-17(3)27-28(23(22)26-21)19-11-6-5-7-12-19/h5-14,18H,1-4H3,(H,25,29)/t18-/m1/s1. The number of hydrogen-bond donors (Lipinski definition) is 1. The number of carbonyl (C=O) groups is 1. The molecule has 0 saturated heterocycles. The fraction of sp³-hybridized carbons (Fsp3) is 0.208. The van der Waals surface area contributed by atoms with Crippen molar-refractivity contribution < 1.29 is 9.53 Å². The van der Waals surface area contributed by atoms with Crippen molar-refractivity contribution in [3.05, 3.63) is 77.5 Å². The molecule has 1 N–H and O–H groups in total. The number of benzene rings is 2. The van der Waals surface area contributed by atoms with Gasteiger partial charge in [-0.25, -0.2) is 4.68 Å². The molecule has 0 unspecified atom stereocenters. The monoisotopic (exact) mass is 400 g/mol. The van der Waals surface area contributed by atoms with Crippen LogP contribution in [0.25, 0.3) is 16.7 Å². The molecule has 1 amide bonds. The number of pyridine rings is 1. The zero-order valence-corrected chi connectivity index (χ0v) is 17.5. The van der Waals surface area contributed by atoms with Gasteiger partial charge in [0.1, 0.15) is 0 Å². The Morgan fingerprint density at radius 2 is 1.70 bits per heavy atom. The van der Waals surface area contributed by atoms with E-state index in [0.29, 0.717) is 11.5 Å². The van der Waals surface area contributed by atoms with E-state index in [1.165, 1.54) is 0 Å². The first-order valence-corrected chi connectivity index (χ1v) is 9.89. The van der Waals surface area contributed by atoms with E-state index in [1.54, 1.807) is 6.92 Å². The minimum Gasteiger partial charge on any atom is -0.464 e. The summed E-state index contributed by atoms with van der Waals surface area (Å²) in [6.45, 7) is 7.63. The molecule has 0 bridgehead atoms. The molecule has 0 aliphatic heterocycles. The second-order valence-corrected chi connectivity index (χ2v) is 7.37. The zero-order chi connectivity index (χ0) is 21.3. The van der Waals surface area contributed by atoms with Gasteiger partial charge in [-0.2, -0.15) is 10.1 Å². The molecule has 2 aromatic heterocycles. The highest BCUT2D eigenvalue weighted by Crippen LogP contribution is 2.27. The van der Waals surface area contributed by atoms with Crippen LogP contribution in [0, 0.1) is 20.8 Å². The van der Waals surface area contributed by atoms with E-state index < -0.39 is 6.10 Å². The molecule has 0 saturated carbocycles. The summed E-state index contributed by atoms with van der Waals surface area (Å²) < 4.78 is 7.72. The second kappa shape index (κ2) is 7.99. The van der Waals surface area contributed by atoms with Crippen LogP contribution >= 0.6 is 0 Å². The molecule has 0 aliphatic rings. The smallest absolute Gasteiger partial charge is 0.265 e. The van der Waals surface area contributed by atoms with E-state index in [0.717, 1.165) is 33.6 Å². The van der Waals surface area contributed by atoms with Gasteiger partial charge in [0.2, 0.25) is 5.88 Å². The number of nitrogens with zero attached hydrogens (tertiary/aromatic N) is 3. The Morgan fingerprint density at radius 1 is 1.00 bits per heavy atom.